The van der Waals surface area contributed by atoms with Crippen LogP contribution < -0.4 is 5.73 Å². The van der Waals surface area contributed by atoms with E-state index in [1.54, 1.807) is 12.4 Å². The Hall–Kier alpha value is -1.82. The highest BCUT2D eigenvalue weighted by atomic mass is 15.2. The molecule has 6 nitrogen and oxygen atoms in total. The van der Waals surface area contributed by atoms with E-state index in [9.17, 15) is 0 Å². The van der Waals surface area contributed by atoms with Gasteiger partial charge in [0.15, 0.2) is 5.82 Å². The van der Waals surface area contributed by atoms with Gasteiger partial charge in [0.2, 0.25) is 5.82 Å². The summed E-state index contributed by atoms with van der Waals surface area (Å²) in [4.78, 5) is 12.6. The summed E-state index contributed by atoms with van der Waals surface area (Å²) >= 11 is 0. The van der Waals surface area contributed by atoms with E-state index in [-0.39, 0.29) is 0 Å². The lowest BCUT2D eigenvalue weighted by atomic mass is 10.3. The fraction of sp³-hybridized carbons (Fsp3) is 0.400. The third-order valence-corrected chi connectivity index (χ3v) is 2.13. The van der Waals surface area contributed by atoms with Crippen molar-refractivity contribution in [3.8, 4) is 11.6 Å². The van der Waals surface area contributed by atoms with Gasteiger partial charge in [-0.2, -0.15) is 0 Å². The maximum Gasteiger partial charge on any atom is 0.218 e. The normalized spacial score (nSPS) is 10.6. The minimum absolute atomic E-state index is 0.534. The van der Waals surface area contributed by atoms with Crippen molar-refractivity contribution in [1.29, 1.82) is 0 Å². The number of hydrogen-bond acceptors (Lipinski definition) is 5. The second-order valence-corrected chi connectivity index (χ2v) is 3.58. The maximum atomic E-state index is 5.42. The van der Waals surface area contributed by atoms with Gasteiger partial charge in [-0.3, -0.25) is 5.10 Å². The van der Waals surface area contributed by atoms with Gasteiger partial charge in [0.25, 0.3) is 0 Å². The molecule has 3 N–H and O–H groups in total. The van der Waals surface area contributed by atoms with Crippen LogP contribution in [0, 0.1) is 6.92 Å². The smallest absolute Gasteiger partial charge is 0.218 e. The van der Waals surface area contributed by atoms with E-state index in [0.29, 0.717) is 18.2 Å². The minimum Gasteiger partial charge on any atom is -0.330 e. The summed E-state index contributed by atoms with van der Waals surface area (Å²) in [6, 6.07) is 0. The molecule has 0 aliphatic carbocycles. The first-order chi connectivity index (χ1) is 7.79. The van der Waals surface area contributed by atoms with E-state index in [0.717, 1.165) is 24.2 Å². The van der Waals surface area contributed by atoms with Gasteiger partial charge in [0.1, 0.15) is 5.82 Å². The number of nitrogens with two attached hydrogens (primary N) is 1. The summed E-state index contributed by atoms with van der Waals surface area (Å²) in [6.45, 7) is 2.59. The Labute approximate surface area is 93.3 Å². The second kappa shape index (κ2) is 4.80. The molecule has 84 valence electrons. The van der Waals surface area contributed by atoms with Crippen LogP contribution in [0.1, 0.15) is 17.8 Å². The third kappa shape index (κ3) is 2.40. The van der Waals surface area contributed by atoms with Crippen LogP contribution in [-0.4, -0.2) is 31.7 Å². The predicted octanol–water partition coefficient (Wildman–Crippen LogP) is 0.461. The molecule has 2 rings (SSSR count). The molecule has 2 heterocycles. The van der Waals surface area contributed by atoms with Crippen LogP contribution in [0.3, 0.4) is 0 Å². The number of hydrogen-bond donors (Lipinski definition) is 2. The Morgan fingerprint density at radius 2 is 2.00 bits per heavy atom. The molecule has 0 aliphatic rings. The first kappa shape index (κ1) is 10.7. The first-order valence-electron chi connectivity index (χ1n) is 5.20. The van der Waals surface area contributed by atoms with Crippen molar-refractivity contribution in [3.63, 3.8) is 0 Å². The predicted molar refractivity (Wildman–Crippen MR) is 59.5 cm³/mol. The number of nitrogens with one attached hydrogen (secondary N) is 1. The van der Waals surface area contributed by atoms with E-state index < -0.39 is 0 Å². The highest BCUT2D eigenvalue weighted by Crippen LogP contribution is 2.08. The van der Waals surface area contributed by atoms with Crippen molar-refractivity contribution >= 4 is 0 Å². The summed E-state index contributed by atoms with van der Waals surface area (Å²) in [5.41, 5.74) is 6.44. The molecular formula is C10H14N6. The molecule has 0 aromatic carbocycles. The molecule has 0 unspecified atom stereocenters. The molecule has 2 aromatic rings. The summed E-state index contributed by atoms with van der Waals surface area (Å²) in [5.74, 6) is 1.90. The van der Waals surface area contributed by atoms with Gasteiger partial charge >= 0.3 is 0 Å². The van der Waals surface area contributed by atoms with Crippen LogP contribution in [0.5, 0.6) is 0 Å². The molecule has 0 amide bonds. The third-order valence-electron chi connectivity index (χ3n) is 2.13. The summed E-state index contributed by atoms with van der Waals surface area (Å²) in [5, 5.41) is 6.92. The van der Waals surface area contributed by atoms with Crippen LogP contribution in [0.15, 0.2) is 12.4 Å². The molecule has 6 heteroatoms. The molecule has 2 aromatic heterocycles. The van der Waals surface area contributed by atoms with Crippen LogP contribution in [-0.2, 0) is 6.42 Å². The van der Waals surface area contributed by atoms with Gasteiger partial charge in [-0.15, -0.1) is 5.10 Å². The van der Waals surface area contributed by atoms with Crippen molar-refractivity contribution in [3.05, 3.63) is 23.8 Å². The lowest BCUT2D eigenvalue weighted by Gasteiger charge is -1.93. The molecule has 0 saturated heterocycles. The maximum absolute atomic E-state index is 5.42. The number of aromatic amines is 1. The zero-order valence-electron chi connectivity index (χ0n) is 9.14. The number of nitrogens with zero attached hydrogens (tertiary/aromatic N) is 4. The van der Waals surface area contributed by atoms with Gasteiger partial charge in [-0.25, -0.2) is 15.0 Å². The number of rotatable bonds is 4. The molecule has 0 spiro atoms. The monoisotopic (exact) mass is 218 g/mol. The van der Waals surface area contributed by atoms with Crippen LogP contribution >= 0.6 is 0 Å². The number of aromatic nitrogens is 5. The largest absolute Gasteiger partial charge is 0.330 e. The quantitative estimate of drug-likeness (QED) is 0.777. The Kier molecular flexibility index (Phi) is 3.21. The van der Waals surface area contributed by atoms with Crippen LogP contribution in [0.2, 0.25) is 0 Å². The van der Waals surface area contributed by atoms with Gasteiger partial charge in [-0.1, -0.05) is 0 Å². The Balaban J connectivity index is 2.15. The lowest BCUT2D eigenvalue weighted by molar-refractivity contribution is 0.785. The number of aryl methyl sites for hydroxylation is 2. The van der Waals surface area contributed by atoms with E-state index >= 15 is 0 Å². The topological polar surface area (TPSA) is 93.4 Å². The zero-order chi connectivity index (χ0) is 11.4. The lowest BCUT2D eigenvalue weighted by Crippen LogP contribution is -2.01. The molecule has 0 radical (unpaired) electrons. The molecule has 0 atom stereocenters. The van der Waals surface area contributed by atoms with Crippen molar-refractivity contribution in [2.75, 3.05) is 6.54 Å². The van der Waals surface area contributed by atoms with Gasteiger partial charge < -0.3 is 5.73 Å². The molecular weight excluding hydrogens is 204 g/mol. The average molecular weight is 218 g/mol. The summed E-state index contributed by atoms with van der Waals surface area (Å²) in [7, 11) is 0. The van der Waals surface area contributed by atoms with E-state index in [4.69, 9.17) is 5.73 Å². The van der Waals surface area contributed by atoms with Crippen molar-refractivity contribution in [2.45, 2.75) is 19.8 Å². The second-order valence-electron chi connectivity index (χ2n) is 3.58. The van der Waals surface area contributed by atoms with E-state index in [1.807, 2.05) is 6.92 Å². The summed E-state index contributed by atoms with van der Waals surface area (Å²) in [6.07, 6.45) is 5.19. The number of H-pyrrole nitrogens is 1. The SMILES string of the molecule is Cc1cnc(-c2n[nH]c(CCCN)n2)nc1. The Morgan fingerprint density at radius 3 is 2.69 bits per heavy atom. The van der Waals surface area contributed by atoms with Crippen LogP contribution in [0.25, 0.3) is 11.6 Å². The molecule has 0 bridgehead atoms. The fourth-order valence-electron chi connectivity index (χ4n) is 1.28. The van der Waals surface area contributed by atoms with Crippen molar-refractivity contribution in [1.82, 2.24) is 25.1 Å². The highest BCUT2D eigenvalue weighted by molar-refractivity contribution is 5.41. The van der Waals surface area contributed by atoms with Crippen LogP contribution in [0.4, 0.5) is 0 Å². The van der Waals surface area contributed by atoms with Gasteiger partial charge in [0, 0.05) is 18.8 Å². The standard InChI is InChI=1S/C10H14N6/c1-7-5-12-9(13-6-7)10-14-8(15-16-10)3-2-4-11/h5-6H,2-4,11H2,1H3,(H,14,15,16). The first-order valence-corrected chi connectivity index (χ1v) is 5.20. The fourth-order valence-corrected chi connectivity index (χ4v) is 1.28. The molecule has 0 aliphatic heterocycles. The van der Waals surface area contributed by atoms with Crippen molar-refractivity contribution < 1.29 is 0 Å². The minimum atomic E-state index is 0.534. The highest BCUT2D eigenvalue weighted by Gasteiger charge is 2.07. The molecule has 0 fully saturated rings. The van der Waals surface area contributed by atoms with Crippen molar-refractivity contribution in [2.24, 2.45) is 5.73 Å². The molecule has 16 heavy (non-hydrogen) atoms. The Morgan fingerprint density at radius 1 is 1.25 bits per heavy atom. The summed E-state index contributed by atoms with van der Waals surface area (Å²) < 4.78 is 0. The van der Waals surface area contributed by atoms with Gasteiger partial charge in [0.05, 0.1) is 0 Å². The zero-order valence-corrected chi connectivity index (χ0v) is 9.14. The van der Waals surface area contributed by atoms with E-state index in [2.05, 4.69) is 25.1 Å². The Bertz CT molecular complexity index is 447. The average Bonchev–Trinajstić information content (AvgIpc) is 2.76. The van der Waals surface area contributed by atoms with Gasteiger partial charge in [-0.05, 0) is 25.5 Å². The molecule has 0 saturated carbocycles. The van der Waals surface area contributed by atoms with E-state index in [1.165, 1.54) is 0 Å².